The summed E-state index contributed by atoms with van der Waals surface area (Å²) in [7, 11) is 0. The van der Waals surface area contributed by atoms with Crippen molar-refractivity contribution in [2.45, 2.75) is 0 Å². The van der Waals surface area contributed by atoms with Gasteiger partial charge in [0.05, 0.1) is 11.0 Å². The van der Waals surface area contributed by atoms with E-state index in [9.17, 15) is 19.3 Å². The van der Waals surface area contributed by atoms with E-state index in [2.05, 4.69) is 9.68 Å². The summed E-state index contributed by atoms with van der Waals surface area (Å²) in [6.07, 6.45) is 0.370. The van der Waals surface area contributed by atoms with Gasteiger partial charge in [0.25, 0.3) is 5.69 Å². The molecule has 2 aromatic rings. The van der Waals surface area contributed by atoms with Gasteiger partial charge >= 0.3 is 0 Å². The number of benzene rings is 1. The Morgan fingerprint density at radius 3 is 2.78 bits per heavy atom. The molecule has 1 aromatic heterocycles. The number of carbonyl (C=O) groups is 1. The lowest BCUT2D eigenvalue weighted by atomic mass is 10.1. The second kappa shape index (κ2) is 4.53. The van der Waals surface area contributed by atoms with Crippen molar-refractivity contribution in [1.82, 2.24) is 5.16 Å². The molecule has 1 aromatic carbocycles. The minimum atomic E-state index is -0.891. The smallest absolute Gasteiger partial charge is 0.272 e. The second-order valence-electron chi connectivity index (χ2n) is 3.26. The standard InChI is InChI=1S/C10H4ClFN2O4/c11-10-7(4-15)9(13-18-10)6-2-1-5(14(16)17)3-8(6)12/h1-4H. The van der Waals surface area contributed by atoms with Crippen LogP contribution >= 0.6 is 11.6 Å². The van der Waals surface area contributed by atoms with E-state index in [0.29, 0.717) is 6.29 Å². The van der Waals surface area contributed by atoms with Crippen LogP contribution in [0.2, 0.25) is 5.22 Å². The lowest BCUT2D eigenvalue weighted by molar-refractivity contribution is -0.385. The number of nitrogens with zero attached hydrogens (tertiary/aromatic N) is 2. The highest BCUT2D eigenvalue weighted by Gasteiger charge is 2.20. The van der Waals surface area contributed by atoms with Gasteiger partial charge < -0.3 is 4.52 Å². The number of halogens is 2. The summed E-state index contributed by atoms with van der Waals surface area (Å²) < 4.78 is 18.2. The summed E-state index contributed by atoms with van der Waals surface area (Å²) in [5.74, 6) is -0.891. The van der Waals surface area contributed by atoms with E-state index in [0.717, 1.165) is 18.2 Å². The van der Waals surface area contributed by atoms with Gasteiger partial charge in [0, 0.05) is 11.6 Å². The number of aromatic nitrogens is 1. The average Bonchev–Trinajstić information content (AvgIpc) is 2.70. The molecule has 0 amide bonds. The van der Waals surface area contributed by atoms with E-state index in [1.165, 1.54) is 0 Å². The summed E-state index contributed by atoms with van der Waals surface area (Å²) in [6, 6.07) is 2.96. The third-order valence-electron chi connectivity index (χ3n) is 2.22. The van der Waals surface area contributed by atoms with E-state index < -0.39 is 16.4 Å². The molecule has 0 saturated carbocycles. The lowest BCUT2D eigenvalue weighted by Crippen LogP contribution is -1.93. The van der Waals surface area contributed by atoms with Gasteiger partial charge in [-0.15, -0.1) is 0 Å². The van der Waals surface area contributed by atoms with Gasteiger partial charge in [0.15, 0.2) is 6.29 Å². The molecule has 0 atom stereocenters. The molecule has 2 rings (SSSR count). The lowest BCUT2D eigenvalue weighted by Gasteiger charge is -1.99. The molecule has 0 bridgehead atoms. The van der Waals surface area contributed by atoms with Crippen molar-refractivity contribution in [3.63, 3.8) is 0 Å². The molecular weight excluding hydrogens is 267 g/mol. The van der Waals surface area contributed by atoms with Crippen LogP contribution < -0.4 is 0 Å². The first-order chi connectivity index (χ1) is 8.54. The number of nitro benzene ring substituents is 1. The molecule has 0 fully saturated rings. The Labute approximate surface area is 104 Å². The largest absolute Gasteiger partial charge is 0.343 e. The molecule has 0 N–H and O–H groups in total. The number of carbonyl (C=O) groups excluding carboxylic acids is 1. The maximum atomic E-state index is 13.7. The summed E-state index contributed by atoms with van der Waals surface area (Å²) in [5, 5.41) is 13.6. The molecule has 1 heterocycles. The fraction of sp³-hybridized carbons (Fsp3) is 0. The van der Waals surface area contributed by atoms with Gasteiger partial charge in [-0.25, -0.2) is 4.39 Å². The molecule has 0 spiro atoms. The van der Waals surface area contributed by atoms with Gasteiger partial charge in [-0.2, -0.15) is 0 Å². The number of hydrogen-bond acceptors (Lipinski definition) is 5. The van der Waals surface area contributed by atoms with Crippen molar-refractivity contribution in [1.29, 1.82) is 0 Å². The van der Waals surface area contributed by atoms with E-state index in [1.807, 2.05) is 0 Å². The van der Waals surface area contributed by atoms with Gasteiger partial charge in [-0.3, -0.25) is 14.9 Å². The Kier molecular flexibility index (Phi) is 3.07. The highest BCUT2D eigenvalue weighted by atomic mass is 35.5. The molecule has 0 radical (unpaired) electrons. The van der Waals surface area contributed by atoms with Crippen LogP contribution in [0.4, 0.5) is 10.1 Å². The fourth-order valence-electron chi connectivity index (χ4n) is 1.38. The number of hydrogen-bond donors (Lipinski definition) is 0. The molecule has 0 unspecified atom stereocenters. The average molecular weight is 271 g/mol. The molecule has 0 aliphatic heterocycles. The van der Waals surface area contributed by atoms with Crippen LogP contribution in [0, 0.1) is 15.9 Å². The van der Waals surface area contributed by atoms with Crippen LogP contribution in [-0.2, 0) is 0 Å². The number of rotatable bonds is 3. The van der Waals surface area contributed by atoms with Crippen LogP contribution in [0.25, 0.3) is 11.3 Å². The van der Waals surface area contributed by atoms with E-state index in [-0.39, 0.29) is 22.0 Å². The van der Waals surface area contributed by atoms with Gasteiger partial charge in [0.1, 0.15) is 17.1 Å². The van der Waals surface area contributed by atoms with Crippen molar-refractivity contribution in [3.8, 4) is 11.3 Å². The maximum Gasteiger partial charge on any atom is 0.272 e. The predicted molar refractivity (Wildman–Crippen MR) is 58.9 cm³/mol. The fourth-order valence-corrected chi connectivity index (χ4v) is 1.55. The monoisotopic (exact) mass is 270 g/mol. The highest BCUT2D eigenvalue weighted by molar-refractivity contribution is 6.31. The normalized spacial score (nSPS) is 10.3. The zero-order valence-electron chi connectivity index (χ0n) is 8.59. The Balaban J connectivity index is 2.58. The summed E-state index contributed by atoms with van der Waals surface area (Å²) in [6.45, 7) is 0. The van der Waals surface area contributed by atoms with Crippen molar-refractivity contribution in [2.24, 2.45) is 0 Å². The first-order valence-corrected chi connectivity index (χ1v) is 4.97. The molecule has 6 nitrogen and oxygen atoms in total. The third kappa shape index (κ3) is 1.95. The van der Waals surface area contributed by atoms with E-state index in [4.69, 9.17) is 11.6 Å². The quantitative estimate of drug-likeness (QED) is 0.486. The Bertz CT molecular complexity index is 641. The maximum absolute atomic E-state index is 13.7. The van der Waals surface area contributed by atoms with Crippen molar-refractivity contribution >= 4 is 23.6 Å². The van der Waals surface area contributed by atoms with Crippen LogP contribution in [0.5, 0.6) is 0 Å². The predicted octanol–water partition coefficient (Wildman–Crippen LogP) is 2.85. The topological polar surface area (TPSA) is 86.2 Å². The molecule has 0 saturated heterocycles. The third-order valence-corrected chi connectivity index (χ3v) is 2.49. The van der Waals surface area contributed by atoms with Crippen LogP contribution in [0.3, 0.4) is 0 Å². The van der Waals surface area contributed by atoms with E-state index >= 15 is 0 Å². The van der Waals surface area contributed by atoms with Crippen LogP contribution in [0.15, 0.2) is 22.7 Å². The van der Waals surface area contributed by atoms with Crippen molar-refractivity contribution in [3.05, 3.63) is 44.9 Å². The zero-order chi connectivity index (χ0) is 13.3. The Morgan fingerprint density at radius 1 is 1.50 bits per heavy atom. The van der Waals surface area contributed by atoms with Crippen LogP contribution in [-0.4, -0.2) is 16.4 Å². The second-order valence-corrected chi connectivity index (χ2v) is 3.60. The van der Waals surface area contributed by atoms with Crippen molar-refractivity contribution < 1.29 is 18.6 Å². The zero-order valence-corrected chi connectivity index (χ0v) is 9.35. The highest BCUT2D eigenvalue weighted by Crippen LogP contribution is 2.30. The van der Waals surface area contributed by atoms with Gasteiger partial charge in [-0.05, 0) is 17.7 Å². The first kappa shape index (κ1) is 12.2. The minimum Gasteiger partial charge on any atom is -0.343 e. The van der Waals surface area contributed by atoms with E-state index in [1.54, 1.807) is 0 Å². The first-order valence-electron chi connectivity index (χ1n) is 4.59. The summed E-state index contributed by atoms with van der Waals surface area (Å²) in [5.41, 5.74) is -0.705. The SMILES string of the molecule is O=Cc1c(-c2ccc([N+](=O)[O-])cc2F)noc1Cl. The molecule has 0 aliphatic rings. The van der Waals surface area contributed by atoms with Crippen LogP contribution in [0.1, 0.15) is 10.4 Å². The molecule has 0 aliphatic carbocycles. The summed E-state index contributed by atoms with van der Waals surface area (Å²) >= 11 is 5.54. The molecular formula is C10H4ClFN2O4. The van der Waals surface area contributed by atoms with Gasteiger partial charge in [0.2, 0.25) is 5.22 Å². The number of non-ortho nitro benzene ring substituents is 1. The molecule has 8 heteroatoms. The number of nitro groups is 1. The Morgan fingerprint density at radius 2 is 2.22 bits per heavy atom. The number of aldehydes is 1. The Hall–Kier alpha value is -2.28. The molecule has 18 heavy (non-hydrogen) atoms. The molecule has 92 valence electrons. The van der Waals surface area contributed by atoms with Crippen molar-refractivity contribution in [2.75, 3.05) is 0 Å². The summed E-state index contributed by atoms with van der Waals surface area (Å²) in [4.78, 5) is 20.5. The van der Waals surface area contributed by atoms with Gasteiger partial charge in [-0.1, -0.05) is 5.16 Å². The minimum absolute atomic E-state index is 0.0950.